The lowest BCUT2D eigenvalue weighted by molar-refractivity contribution is 0.0248. The number of carbonyl (C=O) groups excluding carboxylic acids is 2. The van der Waals surface area contributed by atoms with Crippen molar-refractivity contribution in [2.45, 2.75) is 58.8 Å². The standard InChI is InChI=1S/C32H36N6O4/c1-19-16-25(35-26-7-6-20(17-34-26)37-14-9-21(39)10-15-37)28-24(18-38(30(28)40)31(41)42-32(2,3)4)27(19)22-8-12-33-29-23(22)11-13-36(29)5/h6-8,11-13,16-17,21,39H,9-10,14-15,18H2,1-5H3,(H,34,35). The van der Waals surface area contributed by atoms with Crippen LogP contribution in [0.1, 0.15) is 55.1 Å². The van der Waals surface area contributed by atoms with Gasteiger partial charge in [-0.25, -0.2) is 19.7 Å². The average molecular weight is 569 g/mol. The van der Waals surface area contributed by atoms with Crippen molar-refractivity contribution in [1.82, 2.24) is 19.4 Å². The lowest BCUT2D eigenvalue weighted by atomic mass is 9.90. The third-order valence-electron chi connectivity index (χ3n) is 7.89. The predicted octanol–water partition coefficient (Wildman–Crippen LogP) is 5.54. The van der Waals surface area contributed by atoms with Gasteiger partial charge in [0, 0.05) is 37.9 Å². The summed E-state index contributed by atoms with van der Waals surface area (Å²) in [6.45, 7) is 9.02. The molecule has 10 nitrogen and oxygen atoms in total. The van der Waals surface area contributed by atoms with Crippen molar-refractivity contribution in [2.24, 2.45) is 7.05 Å². The van der Waals surface area contributed by atoms with Crippen LogP contribution >= 0.6 is 0 Å². The number of aliphatic hydroxyl groups is 1. The van der Waals surface area contributed by atoms with Gasteiger partial charge in [0.25, 0.3) is 5.91 Å². The van der Waals surface area contributed by atoms with Gasteiger partial charge >= 0.3 is 6.09 Å². The molecule has 218 valence electrons. The third-order valence-corrected chi connectivity index (χ3v) is 7.89. The molecule has 0 radical (unpaired) electrons. The van der Waals surface area contributed by atoms with Crippen LogP contribution in [0.2, 0.25) is 0 Å². The van der Waals surface area contributed by atoms with Crippen molar-refractivity contribution >= 4 is 40.2 Å². The molecule has 42 heavy (non-hydrogen) atoms. The van der Waals surface area contributed by atoms with Gasteiger partial charge in [0.1, 0.15) is 17.1 Å². The molecule has 1 saturated heterocycles. The number of pyridine rings is 2. The fourth-order valence-electron chi connectivity index (χ4n) is 5.88. The van der Waals surface area contributed by atoms with Crippen molar-refractivity contribution < 1.29 is 19.4 Å². The minimum absolute atomic E-state index is 0.0958. The number of benzene rings is 1. The van der Waals surface area contributed by atoms with Gasteiger partial charge < -0.3 is 24.6 Å². The first kappa shape index (κ1) is 27.7. The van der Waals surface area contributed by atoms with Gasteiger partial charge in [-0.15, -0.1) is 0 Å². The molecular weight excluding hydrogens is 532 g/mol. The molecular formula is C32H36N6O4. The highest BCUT2D eigenvalue weighted by Gasteiger charge is 2.39. The Labute approximate surface area is 244 Å². The number of imide groups is 1. The average Bonchev–Trinajstić information content (AvgIpc) is 3.49. The molecule has 0 saturated carbocycles. The number of amides is 2. The zero-order valence-corrected chi connectivity index (χ0v) is 24.6. The number of nitrogens with one attached hydrogen (secondary N) is 1. The monoisotopic (exact) mass is 568 g/mol. The number of ether oxygens (including phenoxy) is 1. The number of hydrogen-bond acceptors (Lipinski definition) is 8. The highest BCUT2D eigenvalue weighted by molar-refractivity contribution is 6.13. The summed E-state index contributed by atoms with van der Waals surface area (Å²) >= 11 is 0. The van der Waals surface area contributed by atoms with Gasteiger partial charge in [-0.1, -0.05) is 0 Å². The molecule has 2 N–H and O–H groups in total. The zero-order valence-electron chi connectivity index (χ0n) is 24.6. The topological polar surface area (TPSA) is 113 Å². The van der Waals surface area contributed by atoms with Crippen LogP contribution in [-0.4, -0.2) is 61.3 Å². The van der Waals surface area contributed by atoms with Crippen LogP contribution in [0, 0.1) is 6.92 Å². The van der Waals surface area contributed by atoms with Gasteiger partial charge in [-0.2, -0.15) is 0 Å². The van der Waals surface area contributed by atoms with Gasteiger partial charge in [0.05, 0.1) is 35.8 Å². The second kappa shape index (κ2) is 10.4. The van der Waals surface area contributed by atoms with E-state index >= 15 is 0 Å². The second-order valence-corrected chi connectivity index (χ2v) is 12.1. The Kier molecular flexibility index (Phi) is 6.89. The van der Waals surface area contributed by atoms with E-state index in [1.54, 1.807) is 33.2 Å². The highest BCUT2D eigenvalue weighted by atomic mass is 16.6. The number of piperidine rings is 1. The Bertz CT molecular complexity index is 1680. The van der Waals surface area contributed by atoms with Gasteiger partial charge in [-0.05, 0) is 93.1 Å². The van der Waals surface area contributed by atoms with Crippen LogP contribution in [-0.2, 0) is 18.3 Å². The summed E-state index contributed by atoms with van der Waals surface area (Å²) in [6.07, 6.45) is 6.10. The lowest BCUT2D eigenvalue weighted by Gasteiger charge is -2.31. The van der Waals surface area contributed by atoms with Gasteiger partial charge in [-0.3, -0.25) is 4.79 Å². The van der Waals surface area contributed by atoms with Crippen LogP contribution in [0.3, 0.4) is 0 Å². The summed E-state index contributed by atoms with van der Waals surface area (Å²) in [4.78, 5) is 39.6. The Morgan fingerprint density at radius 3 is 2.55 bits per heavy atom. The van der Waals surface area contributed by atoms with E-state index in [2.05, 4.69) is 20.2 Å². The Hall–Kier alpha value is -4.44. The number of anilines is 3. The Balaban J connectivity index is 1.41. The van der Waals surface area contributed by atoms with E-state index in [4.69, 9.17) is 4.74 Å². The molecule has 4 aromatic rings. The van der Waals surface area contributed by atoms with E-state index in [1.807, 2.05) is 55.1 Å². The van der Waals surface area contributed by atoms with E-state index < -0.39 is 17.6 Å². The van der Waals surface area contributed by atoms with Crippen molar-refractivity contribution in [2.75, 3.05) is 23.3 Å². The van der Waals surface area contributed by atoms with E-state index in [0.717, 1.165) is 64.9 Å². The summed E-state index contributed by atoms with van der Waals surface area (Å²) in [5, 5.41) is 14.2. The number of aryl methyl sites for hydroxylation is 2. The minimum atomic E-state index is -0.745. The lowest BCUT2D eigenvalue weighted by Crippen LogP contribution is -2.37. The van der Waals surface area contributed by atoms with Crippen LogP contribution in [0.4, 0.5) is 22.0 Å². The summed E-state index contributed by atoms with van der Waals surface area (Å²) in [7, 11) is 1.95. The van der Waals surface area contributed by atoms with Crippen LogP contribution < -0.4 is 10.2 Å². The molecule has 5 heterocycles. The molecule has 0 spiro atoms. The van der Waals surface area contributed by atoms with E-state index in [1.165, 1.54) is 4.90 Å². The molecule has 2 aliphatic rings. The molecule has 0 unspecified atom stereocenters. The van der Waals surface area contributed by atoms with Crippen molar-refractivity contribution in [3.63, 3.8) is 0 Å². The number of aromatic nitrogens is 3. The first-order valence-corrected chi connectivity index (χ1v) is 14.3. The van der Waals surface area contributed by atoms with E-state index in [9.17, 15) is 14.7 Å². The molecule has 1 aromatic carbocycles. The molecule has 10 heteroatoms. The molecule has 1 fully saturated rings. The maximum Gasteiger partial charge on any atom is 0.417 e. The molecule has 2 aliphatic heterocycles. The largest absolute Gasteiger partial charge is 0.443 e. The first-order valence-electron chi connectivity index (χ1n) is 14.3. The van der Waals surface area contributed by atoms with Crippen LogP contribution in [0.5, 0.6) is 0 Å². The zero-order chi connectivity index (χ0) is 29.8. The summed E-state index contributed by atoms with van der Waals surface area (Å²) in [6, 6.07) is 9.80. The number of hydrogen-bond donors (Lipinski definition) is 2. The smallest absolute Gasteiger partial charge is 0.417 e. The second-order valence-electron chi connectivity index (χ2n) is 12.1. The number of rotatable bonds is 4. The maximum atomic E-state index is 13.9. The van der Waals surface area contributed by atoms with Crippen LogP contribution in [0.25, 0.3) is 22.2 Å². The quantitative estimate of drug-likeness (QED) is 0.330. The summed E-state index contributed by atoms with van der Waals surface area (Å²) < 4.78 is 7.57. The summed E-state index contributed by atoms with van der Waals surface area (Å²) in [5.74, 6) is 0.174. The van der Waals surface area contributed by atoms with Gasteiger partial charge in [0.15, 0.2) is 0 Å². The normalized spacial score (nSPS) is 15.8. The van der Waals surface area contributed by atoms with E-state index in [-0.39, 0.29) is 12.6 Å². The minimum Gasteiger partial charge on any atom is -0.443 e. The molecule has 0 aliphatic carbocycles. The van der Waals surface area contributed by atoms with Gasteiger partial charge in [0.2, 0.25) is 0 Å². The molecule has 0 atom stereocenters. The van der Waals surface area contributed by atoms with E-state index in [0.29, 0.717) is 17.1 Å². The van der Waals surface area contributed by atoms with Crippen LogP contribution in [0.15, 0.2) is 48.9 Å². The van der Waals surface area contributed by atoms with Crippen molar-refractivity contribution in [3.05, 3.63) is 65.6 Å². The Morgan fingerprint density at radius 1 is 1.10 bits per heavy atom. The molecule has 6 rings (SSSR count). The Morgan fingerprint density at radius 2 is 1.86 bits per heavy atom. The molecule has 0 bridgehead atoms. The fraction of sp³-hybridized carbons (Fsp3) is 0.375. The highest BCUT2D eigenvalue weighted by Crippen LogP contribution is 2.42. The maximum absolute atomic E-state index is 13.9. The van der Waals surface area contributed by atoms with Crippen molar-refractivity contribution in [3.8, 4) is 11.1 Å². The van der Waals surface area contributed by atoms with Crippen molar-refractivity contribution in [1.29, 1.82) is 0 Å². The number of nitrogens with zero attached hydrogens (tertiary/aromatic N) is 5. The summed E-state index contributed by atoms with van der Waals surface area (Å²) in [5.41, 5.74) is 5.66. The molecule has 3 aromatic heterocycles. The SMILES string of the molecule is Cc1cc(Nc2ccc(N3CCC(O)CC3)cn2)c2c(c1-c1ccnc3c1ccn3C)CN(C(=O)OC(C)(C)C)C2=O. The number of carbonyl (C=O) groups is 2. The fourth-order valence-corrected chi connectivity index (χ4v) is 5.88. The first-order chi connectivity index (χ1) is 20.0. The molecule has 2 amide bonds. The third kappa shape index (κ3) is 5.07. The number of fused-ring (bicyclic) bond motifs is 2. The predicted molar refractivity (Wildman–Crippen MR) is 162 cm³/mol. The number of aliphatic hydroxyl groups excluding tert-OH is 1.